The van der Waals surface area contributed by atoms with Gasteiger partial charge in [-0.15, -0.1) is 0 Å². The lowest BCUT2D eigenvalue weighted by molar-refractivity contribution is -0.385. The van der Waals surface area contributed by atoms with E-state index in [2.05, 4.69) is 15.6 Å². The Morgan fingerprint density at radius 2 is 1.95 bits per heavy atom. The van der Waals surface area contributed by atoms with Gasteiger partial charge in [-0.1, -0.05) is 18.2 Å². The van der Waals surface area contributed by atoms with Gasteiger partial charge in [0.05, 0.1) is 4.92 Å². The number of nitro groups is 1. The monoisotopic (exact) mass is 272 g/mol. The number of nitrogens with zero attached hydrogens (tertiary/aromatic N) is 2. The average molecular weight is 272 g/mol. The van der Waals surface area contributed by atoms with Crippen LogP contribution in [0.15, 0.2) is 42.6 Å². The third-order valence-electron chi connectivity index (χ3n) is 2.54. The molecule has 0 spiro atoms. The maximum Gasteiger partial charge on any atom is 0.324 e. The molecule has 1 heterocycles. The molecule has 0 aliphatic heterocycles. The molecule has 0 fully saturated rings. The Labute approximate surface area is 114 Å². The first-order chi connectivity index (χ1) is 9.56. The Morgan fingerprint density at radius 1 is 1.25 bits per heavy atom. The van der Waals surface area contributed by atoms with Crippen LogP contribution in [0.3, 0.4) is 0 Å². The summed E-state index contributed by atoms with van der Waals surface area (Å²) in [6, 6.07) is 9.82. The van der Waals surface area contributed by atoms with Gasteiger partial charge in [0.2, 0.25) is 0 Å². The number of nitrogens with one attached hydrogen (secondary N) is 2. The predicted molar refractivity (Wildman–Crippen MR) is 74.7 cm³/mol. The first-order valence-corrected chi connectivity index (χ1v) is 5.80. The SMILES string of the molecule is Cc1cc([N+](=O)[O-])cnc1NC(=O)Nc1ccccc1. The number of carbonyl (C=O) groups excluding carboxylic acids is 1. The van der Waals surface area contributed by atoms with Crippen molar-refractivity contribution < 1.29 is 9.72 Å². The highest BCUT2D eigenvalue weighted by Gasteiger charge is 2.11. The molecule has 7 heteroatoms. The van der Waals surface area contributed by atoms with Gasteiger partial charge in [-0.2, -0.15) is 0 Å². The minimum atomic E-state index is -0.534. The molecule has 0 unspecified atom stereocenters. The fourth-order valence-electron chi connectivity index (χ4n) is 1.58. The van der Waals surface area contributed by atoms with Crippen molar-refractivity contribution in [1.29, 1.82) is 0 Å². The number of anilines is 2. The van der Waals surface area contributed by atoms with E-state index in [1.165, 1.54) is 6.07 Å². The van der Waals surface area contributed by atoms with Gasteiger partial charge in [0.1, 0.15) is 12.0 Å². The Kier molecular flexibility index (Phi) is 3.90. The normalized spacial score (nSPS) is 9.85. The molecule has 2 rings (SSSR count). The molecule has 0 saturated heterocycles. The van der Waals surface area contributed by atoms with Crippen LogP contribution >= 0.6 is 0 Å². The number of hydrogen-bond donors (Lipinski definition) is 2. The van der Waals surface area contributed by atoms with Gasteiger partial charge in [0.15, 0.2) is 0 Å². The molecule has 0 bridgehead atoms. The number of aromatic nitrogens is 1. The van der Waals surface area contributed by atoms with Crippen LogP contribution in [0.25, 0.3) is 0 Å². The van der Waals surface area contributed by atoms with Crippen LogP contribution in [0.1, 0.15) is 5.56 Å². The van der Waals surface area contributed by atoms with Crippen molar-refractivity contribution in [3.05, 3.63) is 58.3 Å². The molecule has 0 radical (unpaired) electrons. The van der Waals surface area contributed by atoms with Crippen molar-refractivity contribution >= 4 is 23.2 Å². The van der Waals surface area contributed by atoms with E-state index in [1.807, 2.05) is 6.07 Å². The van der Waals surface area contributed by atoms with Gasteiger partial charge in [-0.3, -0.25) is 15.4 Å². The van der Waals surface area contributed by atoms with Crippen molar-refractivity contribution in [3.8, 4) is 0 Å². The quantitative estimate of drug-likeness (QED) is 0.663. The fraction of sp³-hybridized carbons (Fsp3) is 0.0769. The first-order valence-electron chi connectivity index (χ1n) is 5.80. The smallest absolute Gasteiger partial charge is 0.308 e. The van der Waals surface area contributed by atoms with E-state index in [0.717, 1.165) is 6.20 Å². The summed E-state index contributed by atoms with van der Waals surface area (Å²) in [5.41, 5.74) is 1.04. The summed E-state index contributed by atoms with van der Waals surface area (Å²) in [6.45, 7) is 1.64. The standard InChI is InChI=1S/C13H12N4O3/c1-9-7-11(17(19)20)8-14-12(9)16-13(18)15-10-5-3-2-4-6-10/h2-8H,1H3,(H2,14,15,16,18). The van der Waals surface area contributed by atoms with Crippen LogP contribution in [0.4, 0.5) is 22.0 Å². The van der Waals surface area contributed by atoms with Crippen molar-refractivity contribution in [2.75, 3.05) is 10.6 Å². The number of benzene rings is 1. The second kappa shape index (κ2) is 5.79. The lowest BCUT2D eigenvalue weighted by Crippen LogP contribution is -2.20. The van der Waals surface area contributed by atoms with Crippen LogP contribution in [0.2, 0.25) is 0 Å². The number of rotatable bonds is 3. The summed E-state index contributed by atoms with van der Waals surface area (Å²) in [5, 5.41) is 15.8. The van der Waals surface area contributed by atoms with Gasteiger partial charge in [0.25, 0.3) is 5.69 Å². The molecule has 0 aliphatic carbocycles. The van der Waals surface area contributed by atoms with Crippen molar-refractivity contribution in [2.45, 2.75) is 6.92 Å². The van der Waals surface area contributed by atoms with Gasteiger partial charge in [0, 0.05) is 11.8 Å². The van der Waals surface area contributed by atoms with E-state index in [-0.39, 0.29) is 11.5 Å². The maximum absolute atomic E-state index is 11.8. The van der Waals surface area contributed by atoms with Crippen molar-refractivity contribution in [3.63, 3.8) is 0 Å². The molecule has 2 N–H and O–H groups in total. The highest BCUT2D eigenvalue weighted by atomic mass is 16.6. The van der Waals surface area contributed by atoms with Gasteiger partial charge in [-0.05, 0) is 24.6 Å². The minimum absolute atomic E-state index is 0.114. The fourth-order valence-corrected chi connectivity index (χ4v) is 1.58. The van der Waals surface area contributed by atoms with Crippen LogP contribution in [0.5, 0.6) is 0 Å². The number of aryl methyl sites for hydroxylation is 1. The Bertz CT molecular complexity index is 643. The lowest BCUT2D eigenvalue weighted by atomic mass is 10.2. The summed E-state index contributed by atoms with van der Waals surface area (Å²) in [4.78, 5) is 25.7. The van der Waals surface area contributed by atoms with Crippen molar-refractivity contribution in [1.82, 2.24) is 4.98 Å². The average Bonchev–Trinajstić information content (AvgIpc) is 2.42. The summed E-state index contributed by atoms with van der Waals surface area (Å²) in [5.74, 6) is 0.282. The number of amides is 2. The van der Waals surface area contributed by atoms with E-state index in [0.29, 0.717) is 11.3 Å². The molecular weight excluding hydrogens is 260 g/mol. The molecule has 2 aromatic rings. The molecule has 0 aliphatic rings. The minimum Gasteiger partial charge on any atom is -0.308 e. The molecule has 1 aromatic heterocycles. The number of carbonyl (C=O) groups is 1. The molecular formula is C13H12N4O3. The summed E-state index contributed by atoms with van der Waals surface area (Å²) in [6.07, 6.45) is 1.10. The largest absolute Gasteiger partial charge is 0.324 e. The topological polar surface area (TPSA) is 97.2 Å². The molecule has 102 valence electrons. The van der Waals surface area contributed by atoms with E-state index in [4.69, 9.17) is 0 Å². The number of pyridine rings is 1. The Balaban J connectivity index is 2.06. The Hall–Kier alpha value is -2.96. The van der Waals surface area contributed by atoms with E-state index in [9.17, 15) is 14.9 Å². The molecule has 2 amide bonds. The van der Waals surface area contributed by atoms with Crippen LogP contribution < -0.4 is 10.6 Å². The second-order valence-electron chi connectivity index (χ2n) is 4.06. The van der Waals surface area contributed by atoms with Crippen LogP contribution in [0, 0.1) is 17.0 Å². The lowest BCUT2D eigenvalue weighted by Gasteiger charge is -2.08. The van der Waals surface area contributed by atoms with E-state index >= 15 is 0 Å². The predicted octanol–water partition coefficient (Wildman–Crippen LogP) is 2.94. The molecule has 20 heavy (non-hydrogen) atoms. The van der Waals surface area contributed by atoms with Crippen molar-refractivity contribution in [2.24, 2.45) is 0 Å². The van der Waals surface area contributed by atoms with E-state index < -0.39 is 11.0 Å². The molecule has 0 saturated carbocycles. The molecule has 0 atom stereocenters. The third-order valence-corrected chi connectivity index (χ3v) is 2.54. The summed E-state index contributed by atoms with van der Waals surface area (Å²) >= 11 is 0. The maximum atomic E-state index is 11.8. The molecule has 7 nitrogen and oxygen atoms in total. The zero-order valence-electron chi connectivity index (χ0n) is 10.7. The van der Waals surface area contributed by atoms with Crippen LogP contribution in [-0.2, 0) is 0 Å². The summed E-state index contributed by atoms with van der Waals surface area (Å²) in [7, 11) is 0. The van der Waals surface area contributed by atoms with Gasteiger partial charge >= 0.3 is 6.03 Å². The zero-order valence-corrected chi connectivity index (χ0v) is 10.7. The number of urea groups is 1. The highest BCUT2D eigenvalue weighted by molar-refractivity contribution is 5.99. The Morgan fingerprint density at radius 3 is 2.55 bits per heavy atom. The first kappa shape index (κ1) is 13.5. The zero-order chi connectivity index (χ0) is 14.5. The van der Waals surface area contributed by atoms with Gasteiger partial charge < -0.3 is 5.32 Å². The number of hydrogen-bond acceptors (Lipinski definition) is 4. The summed E-state index contributed by atoms with van der Waals surface area (Å²) < 4.78 is 0. The third kappa shape index (κ3) is 3.29. The van der Waals surface area contributed by atoms with E-state index in [1.54, 1.807) is 31.2 Å². The molecule has 1 aromatic carbocycles. The second-order valence-corrected chi connectivity index (χ2v) is 4.06. The highest BCUT2D eigenvalue weighted by Crippen LogP contribution is 2.18. The van der Waals surface area contributed by atoms with Gasteiger partial charge in [-0.25, -0.2) is 9.78 Å². The number of para-hydroxylation sites is 1. The van der Waals surface area contributed by atoms with Crippen LogP contribution in [-0.4, -0.2) is 15.9 Å².